The summed E-state index contributed by atoms with van der Waals surface area (Å²) >= 11 is 1.86. The molecule has 6 aliphatic rings. The van der Waals surface area contributed by atoms with Crippen molar-refractivity contribution >= 4 is 28.8 Å². The third-order valence-corrected chi connectivity index (χ3v) is 8.51. The maximum Gasteiger partial charge on any atom is 0.192 e. The van der Waals surface area contributed by atoms with Gasteiger partial charge in [0.2, 0.25) is 0 Å². The van der Waals surface area contributed by atoms with Gasteiger partial charge >= 0.3 is 0 Å². The average Bonchev–Trinajstić information content (AvgIpc) is 3.03. The molecule has 2 heterocycles. The molecule has 124 valence electrons. The molecule has 6 heteroatoms. The Bertz CT molecular complexity index is 873. The minimum absolute atomic E-state index is 0.0360. The van der Waals surface area contributed by atoms with Crippen LogP contribution < -0.4 is 13.1 Å². The van der Waals surface area contributed by atoms with E-state index in [-0.39, 0.29) is 29.2 Å². The Morgan fingerprint density at radius 1 is 1.38 bits per heavy atom. The fourth-order valence-corrected chi connectivity index (χ4v) is 7.50. The Balaban J connectivity index is 1.61. The molecule has 1 saturated heterocycles. The summed E-state index contributed by atoms with van der Waals surface area (Å²) in [4.78, 5) is 13.2. The van der Waals surface area contributed by atoms with Gasteiger partial charge in [-0.1, -0.05) is 6.07 Å². The first-order valence-corrected chi connectivity index (χ1v) is 9.60. The molecule has 2 aliphatic heterocycles. The number of ether oxygens (including phenoxy) is 1. The second-order valence-corrected chi connectivity index (χ2v) is 9.02. The highest BCUT2D eigenvalue weighted by atomic mass is 127. The number of Topliss-reactive ketones (excluding diaryl/α,β-unsaturated/α-hetero) is 1. The van der Waals surface area contributed by atoms with Crippen molar-refractivity contribution in [3.8, 4) is 11.5 Å². The van der Waals surface area contributed by atoms with Crippen LogP contribution in [0.5, 0.6) is 11.5 Å². The summed E-state index contributed by atoms with van der Waals surface area (Å²) in [5, 5.41) is 15.7. The number of hydrogen-bond donors (Lipinski definition) is 2. The van der Waals surface area contributed by atoms with Gasteiger partial charge in [0.1, 0.15) is 0 Å². The molecular weight excluding hydrogens is 421 g/mol. The third kappa shape index (κ3) is 1.01. The molecule has 7 atom stereocenters. The summed E-state index contributed by atoms with van der Waals surface area (Å²) in [6, 6.07) is 4.13. The first-order chi connectivity index (χ1) is 11.6. The number of carbonyl (C=O) groups excluding carboxylic acids is 1. The van der Waals surface area contributed by atoms with Crippen molar-refractivity contribution in [2.75, 3.05) is 0 Å². The number of rotatable bonds is 1. The van der Waals surface area contributed by atoms with Crippen LogP contribution in [0.1, 0.15) is 30.4 Å². The molecule has 0 radical (unpaired) electrons. The van der Waals surface area contributed by atoms with E-state index in [4.69, 9.17) is 7.80 Å². The zero-order valence-corrected chi connectivity index (χ0v) is 15.0. The molecule has 1 aromatic rings. The molecule has 2 spiro atoms. The summed E-state index contributed by atoms with van der Waals surface area (Å²) in [6.45, 7) is 0. The molecule has 4 fully saturated rings. The summed E-state index contributed by atoms with van der Waals surface area (Å²) in [7, 11) is 0. The van der Waals surface area contributed by atoms with Gasteiger partial charge in [0.25, 0.3) is 0 Å². The molecule has 2 N–H and O–H groups in total. The largest absolute Gasteiger partial charge is 0.477 e. The van der Waals surface area contributed by atoms with Crippen molar-refractivity contribution in [3.05, 3.63) is 23.3 Å². The Morgan fingerprint density at radius 2 is 2.25 bits per heavy atom. The molecule has 0 amide bonds. The lowest BCUT2D eigenvalue weighted by atomic mass is 9.46. The van der Waals surface area contributed by atoms with Gasteiger partial charge in [-0.25, -0.2) is 0 Å². The maximum absolute atomic E-state index is 13.2. The van der Waals surface area contributed by atoms with Gasteiger partial charge in [0.15, 0.2) is 46.4 Å². The highest BCUT2D eigenvalue weighted by Crippen LogP contribution is 2.76. The van der Waals surface area contributed by atoms with Crippen LogP contribution in [0.4, 0.5) is 0 Å². The Labute approximate surface area is 152 Å². The lowest BCUT2D eigenvalue weighted by Crippen LogP contribution is -2.73. The van der Waals surface area contributed by atoms with Crippen LogP contribution in [-0.4, -0.2) is 34.2 Å². The molecule has 0 aromatic heterocycles. The zero-order valence-electron chi connectivity index (χ0n) is 12.8. The first-order valence-electron chi connectivity index (χ1n) is 8.72. The molecule has 4 aliphatic carbocycles. The summed E-state index contributed by atoms with van der Waals surface area (Å²) in [6.07, 6.45) is 3.01. The van der Waals surface area contributed by atoms with Crippen molar-refractivity contribution in [2.45, 2.75) is 54.4 Å². The number of halogens is 1. The van der Waals surface area contributed by atoms with Gasteiger partial charge in [-0.05, 0) is 37.3 Å². The number of carbonyl (C=O) groups is 1. The lowest BCUT2D eigenvalue weighted by Gasteiger charge is -2.59. The van der Waals surface area contributed by atoms with Gasteiger partial charge in [-0.3, -0.25) is 4.79 Å². The number of piperidine rings is 1. The molecule has 2 unspecified atom stereocenters. The fraction of sp³-hybridized carbons (Fsp3) is 0.611. The quantitative estimate of drug-likeness (QED) is 0.514. The molecule has 5 nitrogen and oxygen atoms in total. The molecule has 2 bridgehead atoms. The fourth-order valence-electron chi connectivity index (χ4n) is 7.15. The number of hydrogen-bond acceptors (Lipinski definition) is 5. The van der Waals surface area contributed by atoms with E-state index in [1.54, 1.807) is 0 Å². The van der Waals surface area contributed by atoms with Gasteiger partial charge in [-0.15, -0.1) is 0 Å². The average molecular weight is 437 g/mol. The molecular formula is C18H16INO4. The number of nitrogens with one attached hydrogen (secondary N) is 1. The molecule has 24 heavy (non-hydrogen) atoms. The van der Waals surface area contributed by atoms with Crippen LogP contribution >= 0.6 is 23.0 Å². The van der Waals surface area contributed by atoms with Crippen LogP contribution in [0.15, 0.2) is 12.1 Å². The number of fused-ring (bicyclic) bond motifs is 3. The number of benzene rings is 1. The highest BCUT2D eigenvalue weighted by Gasteiger charge is 2.89. The monoisotopic (exact) mass is 437 g/mol. The Hall–Kier alpha value is -0.860. The second-order valence-electron chi connectivity index (χ2n) is 8.58. The summed E-state index contributed by atoms with van der Waals surface area (Å²) in [5.74, 6) is 1.62. The van der Waals surface area contributed by atoms with Crippen molar-refractivity contribution in [1.29, 1.82) is 0 Å². The van der Waals surface area contributed by atoms with Gasteiger partial charge in [-0.2, -0.15) is 0 Å². The smallest absolute Gasteiger partial charge is 0.192 e. The standard InChI is InChI=1S/C18H16INO4/c19-24-10-4-1-7-5-16-6-17-11(7)13(10)23-14(17)12(21)8-2-3-9(8)18(17,22)15(16)20-16/h1,4,8-9,14-15,20,22H,2-3,5-6H2/t8?,9-,14?,15+,16+,17-,18+/m0/s1. The van der Waals surface area contributed by atoms with E-state index in [9.17, 15) is 9.90 Å². The van der Waals surface area contributed by atoms with Crippen molar-refractivity contribution in [2.24, 2.45) is 11.8 Å². The van der Waals surface area contributed by atoms with Gasteiger partial charge in [0, 0.05) is 22.9 Å². The second kappa shape index (κ2) is 3.50. The lowest BCUT2D eigenvalue weighted by molar-refractivity contribution is -0.190. The number of ketones is 1. The predicted molar refractivity (Wildman–Crippen MR) is 91.3 cm³/mol. The first kappa shape index (κ1) is 13.4. The molecule has 3 saturated carbocycles. The Morgan fingerprint density at radius 3 is 3.00 bits per heavy atom. The van der Waals surface area contributed by atoms with Crippen LogP contribution in [0.2, 0.25) is 0 Å². The van der Waals surface area contributed by atoms with E-state index in [1.165, 1.54) is 5.56 Å². The third-order valence-electron chi connectivity index (χ3n) is 8.04. The normalized spacial score (nSPS) is 53.5. The van der Waals surface area contributed by atoms with Gasteiger partial charge in [0.05, 0.1) is 17.1 Å². The number of aliphatic hydroxyl groups is 1. The van der Waals surface area contributed by atoms with Crippen LogP contribution in [0.3, 0.4) is 0 Å². The van der Waals surface area contributed by atoms with E-state index < -0.39 is 17.1 Å². The Kier molecular flexibility index (Phi) is 1.95. The van der Waals surface area contributed by atoms with Gasteiger partial charge < -0.3 is 18.2 Å². The van der Waals surface area contributed by atoms with Crippen molar-refractivity contribution in [3.63, 3.8) is 0 Å². The van der Waals surface area contributed by atoms with E-state index >= 15 is 0 Å². The predicted octanol–water partition coefficient (Wildman–Crippen LogP) is 1.42. The van der Waals surface area contributed by atoms with Crippen LogP contribution in [-0.2, 0) is 16.6 Å². The van der Waals surface area contributed by atoms with Crippen LogP contribution in [0, 0.1) is 11.8 Å². The van der Waals surface area contributed by atoms with E-state index in [0.717, 1.165) is 31.2 Å². The van der Waals surface area contributed by atoms with Crippen LogP contribution in [0.25, 0.3) is 0 Å². The SMILES string of the molecule is O=C1C2CC[C@@H]2[C@@]2(O)[C@@H]3N[C@@]34Cc3ccc(OI)c5c3[C@@]2(C4)C1O5. The zero-order chi connectivity index (χ0) is 16.1. The van der Waals surface area contributed by atoms with E-state index in [1.807, 2.05) is 29.1 Å². The molecule has 7 rings (SSSR count). The minimum atomic E-state index is -0.866. The minimum Gasteiger partial charge on any atom is -0.477 e. The summed E-state index contributed by atoms with van der Waals surface area (Å²) < 4.78 is 11.8. The van der Waals surface area contributed by atoms with E-state index in [0.29, 0.717) is 11.5 Å². The van der Waals surface area contributed by atoms with Crippen molar-refractivity contribution in [1.82, 2.24) is 5.32 Å². The van der Waals surface area contributed by atoms with Crippen molar-refractivity contribution < 1.29 is 17.7 Å². The topological polar surface area (TPSA) is 77.7 Å². The highest BCUT2D eigenvalue weighted by molar-refractivity contribution is 14.1. The van der Waals surface area contributed by atoms with E-state index in [2.05, 4.69) is 11.4 Å². The summed E-state index contributed by atoms with van der Waals surface area (Å²) in [5.41, 5.74) is 0.808. The maximum atomic E-state index is 13.2. The molecule has 1 aromatic carbocycles.